The minimum Gasteiger partial charge on any atom is -0.294 e. The van der Waals surface area contributed by atoms with E-state index in [1.165, 1.54) is 22.3 Å². The van der Waals surface area contributed by atoms with Crippen molar-refractivity contribution in [2.45, 2.75) is 26.4 Å². The molecule has 0 saturated carbocycles. The zero-order valence-electron chi connectivity index (χ0n) is 16.3. The molecule has 5 rings (SSSR count). The smallest absolute Gasteiger partial charge is 0.160 e. The molecule has 1 aliphatic rings. The fraction of sp³-hybridized carbons (Fsp3) is 0.217. The van der Waals surface area contributed by atoms with E-state index in [1.54, 1.807) is 6.20 Å². The van der Waals surface area contributed by atoms with Crippen LogP contribution in [0.2, 0.25) is 0 Å². The molecule has 0 saturated heterocycles. The molecular formula is C23H22N6. The maximum absolute atomic E-state index is 4.79. The summed E-state index contributed by atoms with van der Waals surface area (Å²) in [5.74, 6) is 0.752. The second-order valence-corrected chi connectivity index (χ2v) is 7.50. The first-order valence-electron chi connectivity index (χ1n) is 9.83. The average Bonchev–Trinajstić information content (AvgIpc) is 3.22. The molecule has 6 nitrogen and oxygen atoms in total. The number of nitrogens with zero attached hydrogens (tertiary/aromatic N) is 5. The predicted octanol–water partition coefficient (Wildman–Crippen LogP) is 3.80. The van der Waals surface area contributed by atoms with Crippen molar-refractivity contribution in [1.29, 1.82) is 0 Å². The van der Waals surface area contributed by atoms with E-state index in [2.05, 4.69) is 56.3 Å². The van der Waals surface area contributed by atoms with Gasteiger partial charge in [0.1, 0.15) is 0 Å². The first kappa shape index (κ1) is 17.7. The quantitative estimate of drug-likeness (QED) is 0.581. The monoisotopic (exact) mass is 382 g/mol. The van der Waals surface area contributed by atoms with Gasteiger partial charge in [-0.1, -0.05) is 29.8 Å². The van der Waals surface area contributed by atoms with E-state index < -0.39 is 0 Å². The number of pyridine rings is 1. The first-order chi connectivity index (χ1) is 14.3. The molecule has 3 aromatic heterocycles. The lowest BCUT2D eigenvalue weighted by Crippen LogP contribution is -2.31. The highest BCUT2D eigenvalue weighted by molar-refractivity contribution is 5.62. The predicted molar refractivity (Wildman–Crippen MR) is 112 cm³/mol. The van der Waals surface area contributed by atoms with E-state index in [4.69, 9.17) is 4.98 Å². The molecule has 144 valence electrons. The number of nitrogens with one attached hydrogen (secondary N) is 1. The highest BCUT2D eigenvalue weighted by Gasteiger charge is 2.20. The maximum Gasteiger partial charge on any atom is 0.160 e. The zero-order valence-corrected chi connectivity index (χ0v) is 16.3. The summed E-state index contributed by atoms with van der Waals surface area (Å²) in [6.45, 7) is 4.77. The summed E-state index contributed by atoms with van der Waals surface area (Å²) in [5.41, 5.74) is 8.03. The molecule has 0 bridgehead atoms. The Bertz CT molecular complexity index is 1120. The summed E-state index contributed by atoms with van der Waals surface area (Å²) in [6, 6.07) is 12.5. The molecule has 4 heterocycles. The lowest BCUT2D eigenvalue weighted by Gasteiger charge is -2.28. The standard InChI is InChI=1S/C23H22N6/c1-16-4-6-17(7-5-16)22-20(13-26-28-22)15-29-10-8-21-19(14-29)12-25-23(27-21)18-3-2-9-24-11-18/h2-7,9,11-13H,8,10,14-15H2,1H3,(H,26,28). The van der Waals surface area contributed by atoms with Gasteiger partial charge in [-0.3, -0.25) is 15.0 Å². The molecule has 1 aliphatic heterocycles. The Kier molecular flexibility index (Phi) is 4.62. The van der Waals surface area contributed by atoms with Crippen LogP contribution in [-0.2, 0) is 19.5 Å². The number of hydrogen-bond acceptors (Lipinski definition) is 5. The summed E-state index contributed by atoms with van der Waals surface area (Å²) < 4.78 is 0. The van der Waals surface area contributed by atoms with Gasteiger partial charge in [-0.05, 0) is 24.6 Å². The largest absolute Gasteiger partial charge is 0.294 e. The van der Waals surface area contributed by atoms with Crippen LogP contribution in [-0.4, -0.2) is 36.6 Å². The minimum atomic E-state index is 0.752. The lowest BCUT2D eigenvalue weighted by atomic mass is 10.0. The Labute approximate surface area is 169 Å². The number of benzene rings is 1. The number of hydrogen-bond donors (Lipinski definition) is 1. The van der Waals surface area contributed by atoms with Crippen LogP contribution in [0.4, 0.5) is 0 Å². The van der Waals surface area contributed by atoms with E-state index in [1.807, 2.05) is 30.7 Å². The lowest BCUT2D eigenvalue weighted by molar-refractivity contribution is 0.243. The van der Waals surface area contributed by atoms with Crippen molar-refractivity contribution in [3.63, 3.8) is 0 Å². The van der Waals surface area contributed by atoms with Crippen LogP contribution >= 0.6 is 0 Å². The van der Waals surface area contributed by atoms with Crippen LogP contribution in [0.25, 0.3) is 22.6 Å². The van der Waals surface area contributed by atoms with Crippen molar-refractivity contribution in [1.82, 2.24) is 30.0 Å². The van der Waals surface area contributed by atoms with E-state index in [9.17, 15) is 0 Å². The van der Waals surface area contributed by atoms with E-state index >= 15 is 0 Å². The fourth-order valence-electron chi connectivity index (χ4n) is 3.79. The van der Waals surface area contributed by atoms with E-state index in [-0.39, 0.29) is 0 Å². The number of H-pyrrole nitrogens is 1. The van der Waals surface area contributed by atoms with Crippen molar-refractivity contribution in [3.05, 3.63) is 83.6 Å². The van der Waals surface area contributed by atoms with Gasteiger partial charge in [0.25, 0.3) is 0 Å². The number of aryl methyl sites for hydroxylation is 1. The summed E-state index contributed by atoms with van der Waals surface area (Å²) in [7, 11) is 0. The molecule has 0 fully saturated rings. The molecule has 6 heteroatoms. The molecular weight excluding hydrogens is 360 g/mol. The van der Waals surface area contributed by atoms with Crippen molar-refractivity contribution in [2.24, 2.45) is 0 Å². The SMILES string of the molecule is Cc1ccc(-c2[nH]ncc2CN2CCc3nc(-c4cccnc4)ncc3C2)cc1. The van der Waals surface area contributed by atoms with Gasteiger partial charge < -0.3 is 0 Å². The van der Waals surface area contributed by atoms with Gasteiger partial charge in [0.05, 0.1) is 17.6 Å². The number of aromatic nitrogens is 5. The van der Waals surface area contributed by atoms with Crippen LogP contribution in [0.1, 0.15) is 22.4 Å². The van der Waals surface area contributed by atoms with E-state index in [0.29, 0.717) is 0 Å². The maximum atomic E-state index is 4.79. The fourth-order valence-corrected chi connectivity index (χ4v) is 3.79. The second-order valence-electron chi connectivity index (χ2n) is 7.50. The van der Waals surface area contributed by atoms with Gasteiger partial charge in [-0.2, -0.15) is 5.10 Å². The molecule has 0 spiro atoms. The van der Waals surface area contributed by atoms with Crippen LogP contribution in [0, 0.1) is 6.92 Å². The number of aromatic amines is 1. The summed E-state index contributed by atoms with van der Waals surface area (Å²) in [4.78, 5) is 16.0. The van der Waals surface area contributed by atoms with Gasteiger partial charge in [-0.15, -0.1) is 0 Å². The van der Waals surface area contributed by atoms with Crippen LogP contribution < -0.4 is 0 Å². The molecule has 0 amide bonds. The molecule has 0 radical (unpaired) electrons. The van der Waals surface area contributed by atoms with Gasteiger partial charge >= 0.3 is 0 Å². The van der Waals surface area contributed by atoms with Gasteiger partial charge in [0, 0.05) is 61.3 Å². The normalized spacial score (nSPS) is 14.0. The minimum absolute atomic E-state index is 0.752. The molecule has 1 N–H and O–H groups in total. The summed E-state index contributed by atoms with van der Waals surface area (Å²) >= 11 is 0. The molecule has 4 aromatic rings. The first-order valence-corrected chi connectivity index (χ1v) is 9.83. The van der Waals surface area contributed by atoms with Gasteiger partial charge in [-0.25, -0.2) is 9.97 Å². The highest BCUT2D eigenvalue weighted by Crippen LogP contribution is 2.26. The third-order valence-corrected chi connectivity index (χ3v) is 5.38. The topological polar surface area (TPSA) is 70.6 Å². The number of rotatable bonds is 4. The second kappa shape index (κ2) is 7.56. The number of fused-ring (bicyclic) bond motifs is 1. The van der Waals surface area contributed by atoms with Crippen LogP contribution in [0.3, 0.4) is 0 Å². The molecule has 0 atom stereocenters. The third kappa shape index (κ3) is 3.67. The Morgan fingerprint density at radius 1 is 1.03 bits per heavy atom. The van der Waals surface area contributed by atoms with Crippen LogP contribution in [0.5, 0.6) is 0 Å². The van der Waals surface area contributed by atoms with Crippen molar-refractivity contribution < 1.29 is 0 Å². The van der Waals surface area contributed by atoms with Gasteiger partial charge in [0.2, 0.25) is 0 Å². The Hall–Kier alpha value is -3.38. The van der Waals surface area contributed by atoms with Crippen molar-refractivity contribution in [3.8, 4) is 22.6 Å². The Morgan fingerprint density at radius 3 is 2.76 bits per heavy atom. The van der Waals surface area contributed by atoms with Crippen molar-refractivity contribution >= 4 is 0 Å². The van der Waals surface area contributed by atoms with E-state index in [0.717, 1.165) is 48.8 Å². The highest BCUT2D eigenvalue weighted by atomic mass is 15.2. The van der Waals surface area contributed by atoms with Crippen LogP contribution in [0.15, 0.2) is 61.2 Å². The summed E-state index contributed by atoms with van der Waals surface area (Å²) in [6.07, 6.45) is 8.39. The molecule has 0 aliphatic carbocycles. The average molecular weight is 382 g/mol. The van der Waals surface area contributed by atoms with Gasteiger partial charge in [0.15, 0.2) is 5.82 Å². The zero-order chi connectivity index (χ0) is 19.6. The van der Waals surface area contributed by atoms with Crippen molar-refractivity contribution in [2.75, 3.05) is 6.54 Å². The Morgan fingerprint density at radius 2 is 1.93 bits per heavy atom. The Balaban J connectivity index is 1.34. The molecule has 0 unspecified atom stereocenters. The molecule has 29 heavy (non-hydrogen) atoms. The molecule has 1 aromatic carbocycles. The summed E-state index contributed by atoms with van der Waals surface area (Å²) in [5, 5.41) is 7.46. The third-order valence-electron chi connectivity index (χ3n) is 5.38.